The zero-order chi connectivity index (χ0) is 20.0. The molecular weight excluding hydrogens is 379 g/mol. The number of nitriles is 1. The number of anilines is 1. The first-order chi connectivity index (χ1) is 13.5. The summed E-state index contributed by atoms with van der Waals surface area (Å²) in [7, 11) is -4.69. The van der Waals surface area contributed by atoms with Gasteiger partial charge in [0.25, 0.3) is 0 Å². The van der Waals surface area contributed by atoms with E-state index in [9.17, 15) is 12.3 Å². The van der Waals surface area contributed by atoms with Crippen LogP contribution in [0.15, 0.2) is 65.6 Å². The molecule has 0 amide bonds. The second kappa shape index (κ2) is 8.72. The lowest BCUT2D eigenvalue weighted by atomic mass is 10.1. The highest BCUT2D eigenvalue weighted by atomic mass is 32.3. The molecule has 0 fully saturated rings. The predicted molar refractivity (Wildman–Crippen MR) is 107 cm³/mol. The highest BCUT2D eigenvalue weighted by Gasteiger charge is 2.11. The van der Waals surface area contributed by atoms with Crippen LogP contribution in [0, 0.1) is 11.3 Å². The van der Waals surface area contributed by atoms with Crippen LogP contribution in [0.1, 0.15) is 18.4 Å². The van der Waals surface area contributed by atoms with Crippen molar-refractivity contribution in [2.24, 2.45) is 0 Å². The van der Waals surface area contributed by atoms with E-state index in [1.165, 1.54) is 18.2 Å². The SMILES string of the molecule is N#Cc1ccc2cc(OCCCCNc3cccc(S(=O)(=O)F)c3)ccc2c1. The standard InChI is InChI=1S/C21H19FN2O3S/c22-28(25,26)21-5-3-4-19(14-21)24-10-1-2-11-27-20-9-8-17-12-16(15-23)6-7-18(17)13-20/h3-9,12-14,24H,1-2,10-11H2. The number of nitrogens with zero attached hydrogens (tertiary/aromatic N) is 1. The Balaban J connectivity index is 1.44. The minimum Gasteiger partial charge on any atom is -0.494 e. The summed E-state index contributed by atoms with van der Waals surface area (Å²) in [5, 5.41) is 14.0. The van der Waals surface area contributed by atoms with Crippen molar-refractivity contribution in [2.45, 2.75) is 17.7 Å². The molecule has 0 spiro atoms. The molecule has 3 aromatic rings. The van der Waals surface area contributed by atoms with Gasteiger partial charge in [0.05, 0.1) is 18.2 Å². The van der Waals surface area contributed by atoms with Crippen LogP contribution < -0.4 is 10.1 Å². The highest BCUT2D eigenvalue weighted by Crippen LogP contribution is 2.22. The topological polar surface area (TPSA) is 79.2 Å². The van der Waals surface area contributed by atoms with Crippen LogP contribution in [0.2, 0.25) is 0 Å². The lowest BCUT2D eigenvalue weighted by molar-refractivity contribution is 0.309. The summed E-state index contributed by atoms with van der Waals surface area (Å²) in [6.45, 7) is 1.16. The fraction of sp³-hybridized carbons (Fsp3) is 0.190. The predicted octanol–water partition coefficient (Wildman–Crippen LogP) is 4.64. The van der Waals surface area contributed by atoms with Crippen molar-refractivity contribution in [1.82, 2.24) is 0 Å². The van der Waals surface area contributed by atoms with Gasteiger partial charge in [-0.05, 0) is 66.1 Å². The van der Waals surface area contributed by atoms with Crippen molar-refractivity contribution >= 4 is 26.7 Å². The first-order valence-corrected chi connectivity index (χ1v) is 10.2. The van der Waals surface area contributed by atoms with Crippen molar-refractivity contribution in [3.05, 3.63) is 66.2 Å². The van der Waals surface area contributed by atoms with Crippen LogP contribution in [0.5, 0.6) is 5.75 Å². The summed E-state index contributed by atoms with van der Waals surface area (Å²) in [5.74, 6) is 0.769. The van der Waals surface area contributed by atoms with Crippen molar-refractivity contribution in [2.75, 3.05) is 18.5 Å². The maximum absolute atomic E-state index is 13.0. The molecule has 0 bridgehead atoms. The molecule has 0 radical (unpaired) electrons. The van der Waals surface area contributed by atoms with Gasteiger partial charge < -0.3 is 10.1 Å². The van der Waals surface area contributed by atoms with Gasteiger partial charge in [-0.15, -0.1) is 3.89 Å². The fourth-order valence-electron chi connectivity index (χ4n) is 2.79. The normalized spacial score (nSPS) is 11.1. The maximum atomic E-state index is 13.0. The minimum absolute atomic E-state index is 0.348. The van der Waals surface area contributed by atoms with Crippen LogP contribution in [-0.4, -0.2) is 21.6 Å². The molecule has 0 heterocycles. The Labute approximate surface area is 163 Å². The number of hydrogen-bond acceptors (Lipinski definition) is 5. The van der Waals surface area contributed by atoms with Gasteiger partial charge in [0, 0.05) is 12.2 Å². The minimum atomic E-state index is -4.69. The van der Waals surface area contributed by atoms with Gasteiger partial charge in [0.2, 0.25) is 0 Å². The molecule has 28 heavy (non-hydrogen) atoms. The van der Waals surface area contributed by atoms with Crippen molar-refractivity contribution in [3.63, 3.8) is 0 Å². The molecule has 0 atom stereocenters. The van der Waals surface area contributed by atoms with E-state index in [4.69, 9.17) is 10.00 Å². The summed E-state index contributed by atoms with van der Waals surface area (Å²) in [6.07, 6.45) is 1.62. The number of halogens is 1. The molecule has 3 rings (SSSR count). The number of rotatable bonds is 8. The first kappa shape index (κ1) is 19.6. The summed E-state index contributed by atoms with van der Waals surface area (Å²) >= 11 is 0. The van der Waals surface area contributed by atoms with Crippen LogP contribution in [-0.2, 0) is 10.2 Å². The van der Waals surface area contributed by atoms with Gasteiger partial charge in [-0.2, -0.15) is 13.7 Å². The Morgan fingerprint density at radius 1 is 1.00 bits per heavy atom. The van der Waals surface area contributed by atoms with E-state index in [1.807, 2.05) is 30.3 Å². The van der Waals surface area contributed by atoms with Crippen LogP contribution in [0.4, 0.5) is 9.57 Å². The van der Waals surface area contributed by atoms with E-state index >= 15 is 0 Å². The van der Waals surface area contributed by atoms with Crippen LogP contribution in [0.25, 0.3) is 10.8 Å². The van der Waals surface area contributed by atoms with E-state index in [0.717, 1.165) is 29.4 Å². The molecule has 0 aliphatic rings. The second-order valence-electron chi connectivity index (χ2n) is 6.28. The van der Waals surface area contributed by atoms with E-state index < -0.39 is 10.2 Å². The van der Waals surface area contributed by atoms with Crippen LogP contribution in [0.3, 0.4) is 0 Å². The van der Waals surface area contributed by atoms with Gasteiger partial charge in [-0.3, -0.25) is 0 Å². The van der Waals surface area contributed by atoms with Gasteiger partial charge in [0.15, 0.2) is 0 Å². The van der Waals surface area contributed by atoms with Crippen LogP contribution >= 0.6 is 0 Å². The Kier molecular flexibility index (Phi) is 6.12. The van der Waals surface area contributed by atoms with E-state index in [2.05, 4.69) is 11.4 Å². The molecule has 0 aliphatic carbocycles. The molecule has 1 N–H and O–H groups in total. The largest absolute Gasteiger partial charge is 0.494 e. The Bertz CT molecular complexity index is 1120. The average Bonchev–Trinajstić information content (AvgIpc) is 2.69. The second-order valence-corrected chi connectivity index (χ2v) is 7.63. The Hall–Kier alpha value is -3.11. The molecule has 0 saturated carbocycles. The average molecular weight is 398 g/mol. The van der Waals surface area contributed by atoms with E-state index in [1.54, 1.807) is 12.1 Å². The van der Waals surface area contributed by atoms with Crippen molar-refractivity contribution in [1.29, 1.82) is 5.26 Å². The summed E-state index contributed by atoms with van der Waals surface area (Å²) in [6, 6.07) is 19.1. The molecule has 3 aromatic carbocycles. The maximum Gasteiger partial charge on any atom is 0.332 e. The molecule has 0 saturated heterocycles. The third kappa shape index (κ3) is 5.21. The van der Waals surface area contributed by atoms with E-state index in [-0.39, 0.29) is 4.90 Å². The molecule has 0 aromatic heterocycles. The van der Waals surface area contributed by atoms with Gasteiger partial charge in [-0.25, -0.2) is 0 Å². The number of hydrogen-bond donors (Lipinski definition) is 1. The highest BCUT2D eigenvalue weighted by molar-refractivity contribution is 7.86. The van der Waals surface area contributed by atoms with Crippen molar-refractivity contribution < 1.29 is 17.0 Å². The lowest BCUT2D eigenvalue weighted by Gasteiger charge is -2.09. The monoisotopic (exact) mass is 398 g/mol. The molecule has 0 aliphatic heterocycles. The van der Waals surface area contributed by atoms with Crippen molar-refractivity contribution in [3.8, 4) is 11.8 Å². The smallest absolute Gasteiger partial charge is 0.332 e. The third-order valence-electron chi connectivity index (χ3n) is 4.23. The quantitative estimate of drug-likeness (QED) is 0.442. The third-order valence-corrected chi connectivity index (χ3v) is 5.04. The number of nitrogens with one attached hydrogen (secondary N) is 1. The Morgan fingerprint density at radius 3 is 2.57 bits per heavy atom. The molecule has 5 nitrogen and oxygen atoms in total. The molecule has 0 unspecified atom stereocenters. The Morgan fingerprint density at radius 2 is 1.79 bits per heavy atom. The summed E-state index contributed by atoms with van der Waals surface area (Å²) in [5.41, 5.74) is 1.19. The number of unbranched alkanes of at least 4 members (excludes halogenated alkanes) is 1. The number of benzene rings is 3. The van der Waals surface area contributed by atoms with Gasteiger partial charge in [0.1, 0.15) is 10.6 Å². The molecular formula is C21H19FN2O3S. The summed E-state index contributed by atoms with van der Waals surface area (Å²) in [4.78, 5) is -0.348. The zero-order valence-electron chi connectivity index (χ0n) is 15.1. The zero-order valence-corrected chi connectivity index (χ0v) is 15.9. The number of fused-ring (bicyclic) bond motifs is 1. The lowest BCUT2D eigenvalue weighted by Crippen LogP contribution is -2.05. The van der Waals surface area contributed by atoms with E-state index in [0.29, 0.717) is 24.4 Å². The molecule has 7 heteroatoms. The first-order valence-electron chi connectivity index (χ1n) is 8.81. The fourth-order valence-corrected chi connectivity index (χ4v) is 3.30. The molecule has 144 valence electrons. The van der Waals surface area contributed by atoms with Gasteiger partial charge in [-0.1, -0.05) is 18.2 Å². The summed E-state index contributed by atoms with van der Waals surface area (Å²) < 4.78 is 40.6. The number of ether oxygens (including phenoxy) is 1. The van der Waals surface area contributed by atoms with Gasteiger partial charge >= 0.3 is 10.2 Å².